The molecule has 2 heterocycles. The van der Waals surface area contributed by atoms with Gasteiger partial charge in [-0.05, 0) is 72.1 Å². The van der Waals surface area contributed by atoms with Crippen molar-refractivity contribution in [1.29, 1.82) is 0 Å². The van der Waals surface area contributed by atoms with Gasteiger partial charge < -0.3 is 22.8 Å². The Labute approximate surface area is 184 Å². The normalized spacial score (nSPS) is 30.0. The lowest BCUT2D eigenvalue weighted by atomic mass is 9.97. The first kappa shape index (κ1) is 25.7. The standard InChI is InChI=1S/C21H46O5Si3/c1-6-24-29(25-7-2,26-8-3)19(17-20(27)13-9-11-15-22-20)18-21(28(4)5)14-10-12-16-23-21/h19,28H,6-18H2,1-5,27H3. The fraction of sp³-hybridized carbons (Fsp3) is 1.00. The van der Waals surface area contributed by atoms with Crippen LogP contribution in [0.4, 0.5) is 0 Å². The first-order chi connectivity index (χ1) is 13.9. The lowest BCUT2D eigenvalue weighted by Crippen LogP contribution is -2.57. The van der Waals surface area contributed by atoms with Gasteiger partial charge in [-0.3, -0.25) is 0 Å². The average Bonchev–Trinajstić information content (AvgIpc) is 2.69. The van der Waals surface area contributed by atoms with Gasteiger partial charge in [-0.1, -0.05) is 13.1 Å². The van der Waals surface area contributed by atoms with Crippen molar-refractivity contribution in [3.63, 3.8) is 0 Å². The summed E-state index contributed by atoms with van der Waals surface area (Å²) in [5.74, 6) is 0. The van der Waals surface area contributed by atoms with E-state index in [1.807, 2.05) is 0 Å². The zero-order valence-electron chi connectivity index (χ0n) is 19.9. The van der Waals surface area contributed by atoms with Crippen molar-refractivity contribution in [3.8, 4) is 0 Å². The van der Waals surface area contributed by atoms with E-state index in [1.165, 1.54) is 32.1 Å². The summed E-state index contributed by atoms with van der Waals surface area (Å²) in [6.45, 7) is 14.8. The van der Waals surface area contributed by atoms with Crippen molar-refractivity contribution in [2.45, 2.75) is 101 Å². The molecule has 172 valence electrons. The van der Waals surface area contributed by atoms with Crippen LogP contribution in [0.15, 0.2) is 0 Å². The van der Waals surface area contributed by atoms with Crippen LogP contribution in [0.1, 0.15) is 72.1 Å². The van der Waals surface area contributed by atoms with Crippen LogP contribution in [-0.2, 0) is 22.8 Å². The lowest BCUT2D eigenvalue weighted by Gasteiger charge is -2.48. The molecule has 2 aliphatic heterocycles. The maximum absolute atomic E-state index is 6.60. The molecule has 2 rings (SSSR count). The molecule has 0 spiro atoms. The van der Waals surface area contributed by atoms with Crippen molar-refractivity contribution in [1.82, 2.24) is 0 Å². The molecule has 0 N–H and O–H groups in total. The Morgan fingerprint density at radius 3 is 1.83 bits per heavy atom. The quantitative estimate of drug-likeness (QED) is 0.416. The van der Waals surface area contributed by atoms with Gasteiger partial charge >= 0.3 is 8.80 Å². The monoisotopic (exact) mass is 462 g/mol. The van der Waals surface area contributed by atoms with Crippen molar-refractivity contribution in [3.05, 3.63) is 0 Å². The molecule has 0 amide bonds. The molecule has 5 nitrogen and oxygen atoms in total. The first-order valence-corrected chi connectivity index (χ1v) is 17.7. The molecule has 0 bridgehead atoms. The van der Waals surface area contributed by atoms with E-state index in [0.29, 0.717) is 19.8 Å². The van der Waals surface area contributed by atoms with E-state index >= 15 is 0 Å². The van der Waals surface area contributed by atoms with Crippen LogP contribution in [0.3, 0.4) is 0 Å². The highest BCUT2D eigenvalue weighted by Gasteiger charge is 2.55. The largest absolute Gasteiger partial charge is 0.504 e. The highest BCUT2D eigenvalue weighted by Crippen LogP contribution is 2.45. The fourth-order valence-electron chi connectivity index (χ4n) is 5.22. The lowest BCUT2D eigenvalue weighted by molar-refractivity contribution is -0.0550. The summed E-state index contributed by atoms with van der Waals surface area (Å²) in [5, 5.41) is 0.0416. The van der Waals surface area contributed by atoms with E-state index < -0.39 is 17.6 Å². The molecule has 0 saturated carbocycles. The van der Waals surface area contributed by atoms with Gasteiger partial charge in [-0.25, -0.2) is 0 Å². The Balaban J connectivity index is 2.38. The third-order valence-corrected chi connectivity index (χ3v) is 14.3. The Morgan fingerprint density at radius 1 is 0.862 bits per heavy atom. The highest BCUT2D eigenvalue weighted by atomic mass is 28.4. The second kappa shape index (κ2) is 11.9. The summed E-state index contributed by atoms with van der Waals surface area (Å²) < 4.78 is 32.3. The Bertz CT molecular complexity index is 448. The summed E-state index contributed by atoms with van der Waals surface area (Å²) in [4.78, 5) is 0. The third-order valence-electron chi connectivity index (χ3n) is 6.79. The summed E-state index contributed by atoms with van der Waals surface area (Å²) in [5.41, 5.74) is 0.242. The van der Waals surface area contributed by atoms with Gasteiger partial charge in [-0.2, -0.15) is 0 Å². The maximum Gasteiger partial charge on any atom is 0.504 e. The van der Waals surface area contributed by atoms with E-state index in [1.54, 1.807) is 0 Å². The van der Waals surface area contributed by atoms with Crippen molar-refractivity contribution >= 4 is 27.8 Å². The van der Waals surface area contributed by atoms with E-state index in [-0.39, 0.29) is 16.0 Å². The van der Waals surface area contributed by atoms with Crippen LogP contribution in [0.5, 0.6) is 0 Å². The smallest absolute Gasteiger partial charge is 0.380 e. The molecule has 8 heteroatoms. The molecule has 2 fully saturated rings. The molecule has 0 aromatic rings. The second-order valence-electron chi connectivity index (χ2n) is 9.29. The summed E-state index contributed by atoms with van der Waals surface area (Å²) in [7, 11) is -2.87. The van der Waals surface area contributed by atoms with Crippen LogP contribution in [-0.4, -0.2) is 71.3 Å². The zero-order valence-corrected chi connectivity index (χ0v) is 24.0. The Morgan fingerprint density at radius 2 is 1.41 bits per heavy atom. The number of ether oxygens (including phenoxy) is 2. The van der Waals surface area contributed by atoms with Crippen LogP contribution >= 0.6 is 0 Å². The molecule has 0 aliphatic carbocycles. The fourth-order valence-corrected chi connectivity index (χ4v) is 12.3. The molecule has 2 aliphatic rings. The van der Waals surface area contributed by atoms with Gasteiger partial charge in [0.15, 0.2) is 0 Å². The van der Waals surface area contributed by atoms with Crippen LogP contribution < -0.4 is 0 Å². The molecular weight excluding hydrogens is 416 g/mol. The first-order valence-electron chi connectivity index (χ1n) is 12.0. The topological polar surface area (TPSA) is 46.2 Å². The van der Waals surface area contributed by atoms with Crippen LogP contribution in [0.2, 0.25) is 18.6 Å². The molecule has 0 aromatic heterocycles. The SMILES string of the molecule is CCO[Si](OCC)(OCC)C(CC1([SiH3])CCCCO1)CC1([SiH](C)C)CCCCO1. The van der Waals surface area contributed by atoms with E-state index in [0.717, 1.165) is 42.7 Å². The highest BCUT2D eigenvalue weighted by molar-refractivity contribution is 6.63. The summed E-state index contributed by atoms with van der Waals surface area (Å²) in [6, 6.07) is 0. The Hall–Kier alpha value is 0.451. The predicted molar refractivity (Wildman–Crippen MR) is 128 cm³/mol. The molecular formula is C21H46O5Si3. The Kier molecular flexibility index (Phi) is 10.5. The number of hydrogen-bond acceptors (Lipinski definition) is 5. The minimum absolute atomic E-state index is 0.0147. The average molecular weight is 463 g/mol. The van der Waals surface area contributed by atoms with Gasteiger partial charge in [0.05, 0.1) is 14.0 Å². The van der Waals surface area contributed by atoms with Crippen LogP contribution in [0.25, 0.3) is 0 Å². The van der Waals surface area contributed by atoms with E-state index in [9.17, 15) is 0 Å². The van der Waals surface area contributed by atoms with Gasteiger partial charge in [0.2, 0.25) is 0 Å². The molecule has 29 heavy (non-hydrogen) atoms. The molecule has 3 unspecified atom stereocenters. The predicted octanol–water partition coefficient (Wildman–Crippen LogP) is 3.41. The minimum atomic E-state index is -2.85. The number of rotatable bonds is 12. The molecule has 3 atom stereocenters. The van der Waals surface area contributed by atoms with Crippen molar-refractivity contribution in [2.75, 3.05) is 33.0 Å². The minimum Gasteiger partial charge on any atom is -0.380 e. The molecule has 2 saturated heterocycles. The van der Waals surface area contributed by atoms with Crippen LogP contribution in [0, 0.1) is 0 Å². The maximum atomic E-state index is 6.60. The van der Waals surface area contributed by atoms with Crippen molar-refractivity contribution < 1.29 is 22.8 Å². The van der Waals surface area contributed by atoms with Gasteiger partial charge in [0.25, 0.3) is 0 Å². The van der Waals surface area contributed by atoms with Gasteiger partial charge in [0, 0.05) is 54.0 Å². The van der Waals surface area contributed by atoms with Gasteiger partial charge in [-0.15, -0.1) is 0 Å². The summed E-state index contributed by atoms with van der Waals surface area (Å²) >= 11 is 0. The third kappa shape index (κ3) is 6.71. The van der Waals surface area contributed by atoms with E-state index in [4.69, 9.17) is 22.8 Å². The van der Waals surface area contributed by atoms with Crippen molar-refractivity contribution in [2.24, 2.45) is 0 Å². The number of hydrogen-bond donors (Lipinski definition) is 0. The van der Waals surface area contributed by atoms with Gasteiger partial charge in [0.1, 0.15) is 0 Å². The zero-order chi connectivity index (χ0) is 21.4. The molecule has 0 radical (unpaired) electrons. The molecule has 0 aromatic carbocycles. The second-order valence-corrected chi connectivity index (χ2v) is 17.4. The summed E-state index contributed by atoms with van der Waals surface area (Å²) in [6.07, 6.45) is 9.26. The van der Waals surface area contributed by atoms with E-state index in [2.05, 4.69) is 33.9 Å².